The molecule has 0 aliphatic heterocycles. The minimum absolute atomic E-state index is 0.0538. The summed E-state index contributed by atoms with van der Waals surface area (Å²) < 4.78 is 0.0538. The maximum absolute atomic E-state index is 11.0. The van der Waals surface area contributed by atoms with Gasteiger partial charge in [-0.3, -0.25) is 4.79 Å². The van der Waals surface area contributed by atoms with Crippen LogP contribution in [0.1, 0.15) is 47.1 Å². The van der Waals surface area contributed by atoms with Gasteiger partial charge in [0.15, 0.2) is 0 Å². The van der Waals surface area contributed by atoms with E-state index < -0.39 is 0 Å². The van der Waals surface area contributed by atoms with Crippen molar-refractivity contribution in [3.8, 4) is 0 Å². The summed E-state index contributed by atoms with van der Waals surface area (Å²) in [6.45, 7) is 0. The summed E-state index contributed by atoms with van der Waals surface area (Å²) in [7, 11) is 0. The van der Waals surface area contributed by atoms with E-state index in [4.69, 9.17) is 0 Å². The molecule has 4 heteroatoms. The Labute approximate surface area is 94.9 Å². The van der Waals surface area contributed by atoms with Crippen molar-refractivity contribution in [2.45, 2.75) is 31.6 Å². The Hall–Kier alpha value is 0.0300. The summed E-state index contributed by atoms with van der Waals surface area (Å²) in [5.74, 6) is 0.634. The van der Waals surface area contributed by atoms with Crippen molar-refractivity contribution in [1.82, 2.24) is 4.98 Å². The Balaban J connectivity index is 2.16. The van der Waals surface area contributed by atoms with Crippen LogP contribution in [-0.2, 0) is 0 Å². The largest absolute Gasteiger partial charge is 0.280 e. The zero-order valence-corrected chi connectivity index (χ0v) is 10.1. The van der Waals surface area contributed by atoms with Crippen LogP contribution in [0.25, 0.3) is 0 Å². The number of nitrogens with zero attached hydrogens (tertiary/aromatic N) is 1. The zero-order chi connectivity index (χ0) is 9.26. The number of hydrogen-bond donors (Lipinski definition) is 0. The minimum Gasteiger partial charge on any atom is -0.280 e. The van der Waals surface area contributed by atoms with Crippen LogP contribution >= 0.6 is 33.9 Å². The molecule has 1 heterocycles. The van der Waals surface area contributed by atoms with Crippen LogP contribution in [0.5, 0.6) is 0 Å². The average Bonchev–Trinajstić information content (AvgIpc) is 2.75. The normalized spacial score (nSPS) is 17.9. The van der Waals surface area contributed by atoms with Crippen LogP contribution in [0, 0.1) is 0 Å². The predicted octanol–water partition coefficient (Wildman–Crippen LogP) is 3.38. The van der Waals surface area contributed by atoms with E-state index >= 15 is 0 Å². The van der Waals surface area contributed by atoms with Crippen molar-refractivity contribution < 1.29 is 4.79 Å². The second kappa shape index (κ2) is 4.04. The molecule has 1 aliphatic rings. The van der Waals surface area contributed by atoms with Crippen molar-refractivity contribution in [1.29, 1.82) is 0 Å². The molecule has 1 fully saturated rings. The lowest BCUT2D eigenvalue weighted by Gasteiger charge is -2.01. The minimum atomic E-state index is 0.0538. The molecule has 1 saturated carbocycles. The topological polar surface area (TPSA) is 30.0 Å². The van der Waals surface area contributed by atoms with Gasteiger partial charge in [0.2, 0.25) is 3.79 Å². The first kappa shape index (κ1) is 9.58. The highest BCUT2D eigenvalue weighted by atomic mass is 127. The predicted molar refractivity (Wildman–Crippen MR) is 61.7 cm³/mol. The van der Waals surface area contributed by atoms with Crippen LogP contribution in [0.2, 0.25) is 0 Å². The second-order valence-electron chi connectivity index (χ2n) is 3.33. The van der Waals surface area contributed by atoms with Gasteiger partial charge in [-0.1, -0.05) is 12.8 Å². The number of carbonyl (C=O) groups is 1. The standard InChI is InChI=1S/C9H10INOS/c10-8(12)7-5-13-9(11-7)6-3-1-2-4-6/h5-6H,1-4H2. The van der Waals surface area contributed by atoms with Crippen molar-refractivity contribution in [2.75, 3.05) is 0 Å². The van der Waals surface area contributed by atoms with Gasteiger partial charge in [-0.2, -0.15) is 0 Å². The van der Waals surface area contributed by atoms with E-state index in [9.17, 15) is 4.79 Å². The van der Waals surface area contributed by atoms with Gasteiger partial charge in [-0.25, -0.2) is 4.98 Å². The van der Waals surface area contributed by atoms with Gasteiger partial charge in [0.1, 0.15) is 5.69 Å². The molecule has 0 saturated heterocycles. The third-order valence-corrected chi connectivity index (χ3v) is 3.99. The summed E-state index contributed by atoms with van der Waals surface area (Å²) in [6.07, 6.45) is 5.14. The summed E-state index contributed by atoms with van der Waals surface area (Å²) in [6, 6.07) is 0. The fourth-order valence-corrected chi connectivity index (χ4v) is 3.20. The fraction of sp³-hybridized carbons (Fsp3) is 0.556. The molecular weight excluding hydrogens is 297 g/mol. The number of thiazole rings is 1. The average molecular weight is 307 g/mol. The molecule has 0 unspecified atom stereocenters. The molecular formula is C9H10INOS. The van der Waals surface area contributed by atoms with Crippen molar-refractivity contribution in [3.63, 3.8) is 0 Å². The lowest BCUT2D eigenvalue weighted by Crippen LogP contribution is -1.93. The molecule has 1 aliphatic carbocycles. The van der Waals surface area contributed by atoms with E-state index in [0.717, 1.165) is 5.01 Å². The van der Waals surface area contributed by atoms with E-state index in [0.29, 0.717) is 11.6 Å². The molecule has 0 bridgehead atoms. The molecule has 1 aromatic heterocycles. The number of aromatic nitrogens is 1. The summed E-state index contributed by atoms with van der Waals surface area (Å²) in [4.78, 5) is 15.4. The van der Waals surface area contributed by atoms with Gasteiger partial charge in [0.05, 0.1) is 5.01 Å². The second-order valence-corrected chi connectivity index (χ2v) is 5.20. The van der Waals surface area contributed by atoms with Crippen molar-refractivity contribution in [3.05, 3.63) is 16.1 Å². The molecule has 1 aromatic rings. The number of hydrogen-bond acceptors (Lipinski definition) is 3. The summed E-state index contributed by atoms with van der Waals surface area (Å²) >= 11 is 3.43. The Morgan fingerprint density at radius 2 is 2.23 bits per heavy atom. The van der Waals surface area contributed by atoms with Gasteiger partial charge in [-0.15, -0.1) is 11.3 Å². The Morgan fingerprint density at radius 3 is 2.77 bits per heavy atom. The summed E-state index contributed by atoms with van der Waals surface area (Å²) in [5, 5.41) is 3.04. The fourth-order valence-electron chi connectivity index (χ4n) is 1.74. The van der Waals surface area contributed by atoms with Crippen LogP contribution in [0.15, 0.2) is 5.38 Å². The van der Waals surface area contributed by atoms with Crippen LogP contribution in [-0.4, -0.2) is 8.77 Å². The zero-order valence-electron chi connectivity index (χ0n) is 7.12. The first-order chi connectivity index (χ1) is 6.27. The SMILES string of the molecule is O=C(I)c1csc(C2CCCC2)n1. The van der Waals surface area contributed by atoms with Gasteiger partial charge in [0.25, 0.3) is 0 Å². The Kier molecular flexibility index (Phi) is 2.98. The van der Waals surface area contributed by atoms with E-state index in [1.807, 2.05) is 5.38 Å². The maximum Gasteiger partial charge on any atom is 0.241 e. The van der Waals surface area contributed by atoms with E-state index in [1.54, 1.807) is 33.9 Å². The Bertz CT molecular complexity index is 317. The molecule has 0 atom stereocenters. The van der Waals surface area contributed by atoms with Crippen LogP contribution in [0.3, 0.4) is 0 Å². The first-order valence-corrected chi connectivity index (χ1v) is 6.38. The van der Waals surface area contributed by atoms with Crippen LogP contribution < -0.4 is 0 Å². The third kappa shape index (κ3) is 2.10. The van der Waals surface area contributed by atoms with Crippen molar-refractivity contribution in [2.24, 2.45) is 0 Å². The highest BCUT2D eigenvalue weighted by Gasteiger charge is 2.20. The number of carbonyl (C=O) groups excluding carboxylic acids is 1. The molecule has 2 rings (SSSR count). The molecule has 0 spiro atoms. The monoisotopic (exact) mass is 307 g/mol. The van der Waals surface area contributed by atoms with Gasteiger partial charge in [0, 0.05) is 33.9 Å². The highest BCUT2D eigenvalue weighted by molar-refractivity contribution is 14.1. The lowest BCUT2D eigenvalue weighted by atomic mass is 10.1. The molecule has 0 N–H and O–H groups in total. The first-order valence-electron chi connectivity index (χ1n) is 4.42. The smallest absolute Gasteiger partial charge is 0.241 e. The Morgan fingerprint density at radius 1 is 1.54 bits per heavy atom. The van der Waals surface area contributed by atoms with Gasteiger partial charge < -0.3 is 0 Å². The molecule has 0 amide bonds. The lowest BCUT2D eigenvalue weighted by molar-refractivity contribution is 0.110. The van der Waals surface area contributed by atoms with E-state index in [1.165, 1.54) is 25.7 Å². The number of rotatable bonds is 2. The van der Waals surface area contributed by atoms with E-state index in [2.05, 4.69) is 4.98 Å². The van der Waals surface area contributed by atoms with E-state index in [-0.39, 0.29) is 3.79 Å². The van der Waals surface area contributed by atoms with Crippen molar-refractivity contribution >= 4 is 37.7 Å². The highest BCUT2D eigenvalue weighted by Crippen LogP contribution is 2.35. The molecule has 2 nitrogen and oxygen atoms in total. The molecule has 0 radical (unpaired) electrons. The van der Waals surface area contributed by atoms with Gasteiger partial charge in [-0.05, 0) is 12.8 Å². The number of halogens is 1. The molecule has 13 heavy (non-hydrogen) atoms. The van der Waals surface area contributed by atoms with Gasteiger partial charge >= 0.3 is 0 Å². The quantitative estimate of drug-likeness (QED) is 0.619. The van der Waals surface area contributed by atoms with Crippen LogP contribution in [0.4, 0.5) is 0 Å². The molecule has 0 aromatic carbocycles. The summed E-state index contributed by atoms with van der Waals surface area (Å²) in [5.41, 5.74) is 0.632. The molecule has 70 valence electrons. The third-order valence-electron chi connectivity index (χ3n) is 2.43. The maximum atomic E-state index is 11.0.